The fourth-order valence-corrected chi connectivity index (χ4v) is 2.06. The highest BCUT2D eigenvalue weighted by Crippen LogP contribution is 2.32. The summed E-state index contributed by atoms with van der Waals surface area (Å²) in [5.74, 6) is 2.01. The molecule has 4 heteroatoms. The van der Waals surface area contributed by atoms with Gasteiger partial charge in [0.15, 0.2) is 17.3 Å². The van der Waals surface area contributed by atoms with Crippen LogP contribution >= 0.6 is 0 Å². The van der Waals surface area contributed by atoms with Gasteiger partial charge in [-0.3, -0.25) is 4.79 Å². The van der Waals surface area contributed by atoms with Gasteiger partial charge < -0.3 is 14.2 Å². The van der Waals surface area contributed by atoms with Gasteiger partial charge >= 0.3 is 0 Å². The van der Waals surface area contributed by atoms with Gasteiger partial charge in [0.2, 0.25) is 6.79 Å². The Morgan fingerprint density at radius 1 is 1.14 bits per heavy atom. The van der Waals surface area contributed by atoms with Crippen molar-refractivity contribution >= 4 is 11.9 Å². The normalized spacial score (nSPS) is 12.6. The average Bonchev–Trinajstić information content (AvgIpc) is 3.00. The molecule has 0 saturated heterocycles. The summed E-state index contributed by atoms with van der Waals surface area (Å²) < 4.78 is 15.7. The first-order chi connectivity index (χ1) is 10.3. The van der Waals surface area contributed by atoms with Gasteiger partial charge in [-0.1, -0.05) is 24.3 Å². The van der Waals surface area contributed by atoms with Gasteiger partial charge in [0.1, 0.15) is 5.75 Å². The molecule has 3 rings (SSSR count). The molecule has 21 heavy (non-hydrogen) atoms. The van der Waals surface area contributed by atoms with E-state index in [0.717, 1.165) is 11.3 Å². The zero-order valence-electron chi connectivity index (χ0n) is 11.5. The quantitative estimate of drug-likeness (QED) is 0.637. The molecule has 106 valence electrons. The van der Waals surface area contributed by atoms with Crippen molar-refractivity contribution in [2.24, 2.45) is 0 Å². The molecule has 0 aliphatic carbocycles. The van der Waals surface area contributed by atoms with E-state index in [2.05, 4.69) is 0 Å². The number of ether oxygens (including phenoxy) is 3. The lowest BCUT2D eigenvalue weighted by Gasteiger charge is -2.01. The fourth-order valence-electron chi connectivity index (χ4n) is 2.06. The van der Waals surface area contributed by atoms with Gasteiger partial charge in [-0.05, 0) is 35.9 Å². The Bertz CT molecular complexity index is 704. The number of fused-ring (bicyclic) bond motifs is 1. The second-order valence-corrected chi connectivity index (χ2v) is 4.54. The molecule has 1 aliphatic rings. The number of methoxy groups -OCH3 is 1. The summed E-state index contributed by atoms with van der Waals surface area (Å²) in [6.45, 7) is 0.241. The second kappa shape index (κ2) is 5.71. The monoisotopic (exact) mass is 282 g/mol. The van der Waals surface area contributed by atoms with Crippen LogP contribution in [0.25, 0.3) is 6.08 Å². The zero-order chi connectivity index (χ0) is 14.7. The molecular formula is C17H14O4. The van der Waals surface area contributed by atoms with Crippen LogP contribution in [0.5, 0.6) is 17.2 Å². The van der Waals surface area contributed by atoms with E-state index >= 15 is 0 Å². The Balaban J connectivity index is 1.77. The molecule has 0 aromatic heterocycles. The number of hydrogen-bond donors (Lipinski definition) is 0. The van der Waals surface area contributed by atoms with E-state index in [1.54, 1.807) is 37.5 Å². The van der Waals surface area contributed by atoms with Crippen molar-refractivity contribution in [3.05, 3.63) is 59.7 Å². The summed E-state index contributed by atoms with van der Waals surface area (Å²) >= 11 is 0. The van der Waals surface area contributed by atoms with Crippen LogP contribution in [0.2, 0.25) is 0 Å². The molecule has 0 amide bonds. The Kier molecular flexibility index (Phi) is 3.60. The van der Waals surface area contributed by atoms with Crippen LogP contribution in [0.3, 0.4) is 0 Å². The predicted octanol–water partition coefficient (Wildman–Crippen LogP) is 3.32. The minimum absolute atomic E-state index is 0.0773. The summed E-state index contributed by atoms with van der Waals surface area (Å²) in [6, 6.07) is 12.6. The van der Waals surface area contributed by atoms with Crippen LogP contribution < -0.4 is 14.2 Å². The molecule has 2 aromatic rings. The van der Waals surface area contributed by atoms with Crippen molar-refractivity contribution in [2.75, 3.05) is 13.9 Å². The van der Waals surface area contributed by atoms with Gasteiger partial charge in [-0.25, -0.2) is 0 Å². The SMILES string of the molecule is COc1cccc(C(=O)C=Cc2ccc3c(c2)OCO3)c1. The third-order valence-corrected chi connectivity index (χ3v) is 3.18. The Morgan fingerprint density at radius 3 is 2.86 bits per heavy atom. The maximum absolute atomic E-state index is 12.1. The molecule has 0 fully saturated rings. The van der Waals surface area contributed by atoms with Crippen LogP contribution in [0.15, 0.2) is 48.5 Å². The van der Waals surface area contributed by atoms with Gasteiger partial charge in [-0.15, -0.1) is 0 Å². The van der Waals surface area contributed by atoms with Crippen LogP contribution in [0.1, 0.15) is 15.9 Å². The van der Waals surface area contributed by atoms with Gasteiger partial charge in [0, 0.05) is 5.56 Å². The number of hydrogen-bond acceptors (Lipinski definition) is 4. The Hall–Kier alpha value is -2.75. The number of allylic oxidation sites excluding steroid dienone is 1. The van der Waals surface area contributed by atoms with Gasteiger partial charge in [0.25, 0.3) is 0 Å². The molecule has 0 atom stereocenters. The molecular weight excluding hydrogens is 268 g/mol. The van der Waals surface area contributed by atoms with Crippen molar-refractivity contribution in [1.29, 1.82) is 0 Å². The van der Waals surface area contributed by atoms with Gasteiger partial charge in [0.05, 0.1) is 7.11 Å². The third kappa shape index (κ3) is 2.89. The van der Waals surface area contributed by atoms with Crippen LogP contribution in [0.4, 0.5) is 0 Å². The number of benzene rings is 2. The minimum atomic E-state index is -0.0773. The van der Waals surface area contributed by atoms with Crippen molar-refractivity contribution in [1.82, 2.24) is 0 Å². The number of carbonyl (C=O) groups excluding carboxylic acids is 1. The largest absolute Gasteiger partial charge is 0.497 e. The first-order valence-corrected chi connectivity index (χ1v) is 6.52. The molecule has 1 heterocycles. The van der Waals surface area contributed by atoms with Crippen LogP contribution in [-0.4, -0.2) is 19.7 Å². The second-order valence-electron chi connectivity index (χ2n) is 4.54. The molecule has 0 saturated carbocycles. The Labute approximate surface area is 122 Å². The van der Waals surface area contributed by atoms with Crippen molar-refractivity contribution in [3.63, 3.8) is 0 Å². The van der Waals surface area contributed by atoms with Crippen molar-refractivity contribution in [2.45, 2.75) is 0 Å². The predicted molar refractivity (Wildman–Crippen MR) is 78.9 cm³/mol. The standard InChI is InChI=1S/C17H14O4/c1-19-14-4-2-3-13(10-14)15(18)7-5-12-6-8-16-17(9-12)21-11-20-16/h2-10H,11H2,1H3. The van der Waals surface area contributed by atoms with Crippen molar-refractivity contribution in [3.8, 4) is 17.2 Å². The summed E-state index contributed by atoms with van der Waals surface area (Å²) in [6.07, 6.45) is 3.29. The molecule has 0 unspecified atom stereocenters. The maximum atomic E-state index is 12.1. The van der Waals surface area contributed by atoms with E-state index in [1.165, 1.54) is 6.08 Å². The number of rotatable bonds is 4. The lowest BCUT2D eigenvalue weighted by Crippen LogP contribution is -1.94. The highest BCUT2D eigenvalue weighted by molar-refractivity contribution is 6.07. The number of ketones is 1. The fraction of sp³-hybridized carbons (Fsp3) is 0.118. The zero-order valence-corrected chi connectivity index (χ0v) is 11.5. The van der Waals surface area contributed by atoms with E-state index in [4.69, 9.17) is 14.2 Å². The molecule has 0 N–H and O–H groups in total. The molecule has 2 aromatic carbocycles. The van der Waals surface area contributed by atoms with E-state index < -0.39 is 0 Å². The van der Waals surface area contributed by atoms with E-state index in [1.807, 2.05) is 18.2 Å². The molecule has 0 spiro atoms. The van der Waals surface area contributed by atoms with Crippen molar-refractivity contribution < 1.29 is 19.0 Å². The molecule has 0 bridgehead atoms. The maximum Gasteiger partial charge on any atom is 0.231 e. The first kappa shape index (κ1) is 13.2. The Morgan fingerprint density at radius 2 is 2.00 bits per heavy atom. The summed E-state index contributed by atoms with van der Waals surface area (Å²) in [4.78, 5) is 12.1. The van der Waals surface area contributed by atoms with E-state index in [-0.39, 0.29) is 12.6 Å². The van der Waals surface area contributed by atoms with E-state index in [0.29, 0.717) is 17.1 Å². The van der Waals surface area contributed by atoms with E-state index in [9.17, 15) is 4.79 Å². The highest BCUT2D eigenvalue weighted by atomic mass is 16.7. The lowest BCUT2D eigenvalue weighted by molar-refractivity contribution is 0.104. The summed E-state index contributed by atoms with van der Waals surface area (Å²) in [7, 11) is 1.58. The molecule has 0 radical (unpaired) electrons. The summed E-state index contributed by atoms with van der Waals surface area (Å²) in [5, 5.41) is 0. The lowest BCUT2D eigenvalue weighted by atomic mass is 10.1. The van der Waals surface area contributed by atoms with Gasteiger partial charge in [-0.2, -0.15) is 0 Å². The van der Waals surface area contributed by atoms with Crippen LogP contribution in [0, 0.1) is 0 Å². The topological polar surface area (TPSA) is 44.8 Å². The molecule has 1 aliphatic heterocycles. The smallest absolute Gasteiger partial charge is 0.231 e. The first-order valence-electron chi connectivity index (χ1n) is 6.52. The third-order valence-electron chi connectivity index (χ3n) is 3.18. The average molecular weight is 282 g/mol. The number of carbonyl (C=O) groups is 1. The minimum Gasteiger partial charge on any atom is -0.497 e. The van der Waals surface area contributed by atoms with Crippen LogP contribution in [-0.2, 0) is 0 Å². The highest BCUT2D eigenvalue weighted by Gasteiger charge is 2.12. The summed E-state index contributed by atoms with van der Waals surface area (Å²) in [5.41, 5.74) is 1.47. The molecule has 4 nitrogen and oxygen atoms in total.